The first-order chi connectivity index (χ1) is 10.2. The highest BCUT2D eigenvalue weighted by atomic mass is 15.2. The fourth-order valence-electron chi connectivity index (χ4n) is 3.94. The van der Waals surface area contributed by atoms with Crippen molar-refractivity contribution in [2.75, 3.05) is 24.5 Å². The molecular formula is C18H29N3. The van der Waals surface area contributed by atoms with Gasteiger partial charge < -0.3 is 4.90 Å². The average Bonchev–Trinajstić information content (AvgIpc) is 3.01. The molecule has 0 aromatic carbocycles. The number of piperidine rings is 1. The van der Waals surface area contributed by atoms with Crippen LogP contribution in [-0.4, -0.2) is 35.6 Å². The average molecular weight is 287 g/mol. The Bertz CT molecular complexity index is 477. The van der Waals surface area contributed by atoms with Crippen LogP contribution in [0.2, 0.25) is 0 Å². The maximum atomic E-state index is 4.92. The van der Waals surface area contributed by atoms with Crippen LogP contribution < -0.4 is 4.90 Å². The van der Waals surface area contributed by atoms with E-state index >= 15 is 0 Å². The number of anilines is 1. The van der Waals surface area contributed by atoms with Gasteiger partial charge in [-0.2, -0.15) is 0 Å². The summed E-state index contributed by atoms with van der Waals surface area (Å²) in [6.45, 7) is 10.4. The minimum absolute atomic E-state index is 0.568. The van der Waals surface area contributed by atoms with Gasteiger partial charge in [-0.3, -0.25) is 4.90 Å². The van der Waals surface area contributed by atoms with Crippen LogP contribution in [0.4, 0.5) is 5.82 Å². The number of aromatic nitrogens is 1. The number of rotatable bonds is 3. The van der Waals surface area contributed by atoms with Crippen molar-refractivity contribution in [2.24, 2.45) is 0 Å². The van der Waals surface area contributed by atoms with Crippen molar-refractivity contribution in [2.45, 2.75) is 65.0 Å². The first kappa shape index (κ1) is 14.8. The molecule has 2 aliphatic heterocycles. The second-order valence-corrected chi connectivity index (χ2v) is 6.88. The Morgan fingerprint density at radius 1 is 1.05 bits per heavy atom. The highest BCUT2D eigenvalue weighted by Gasteiger charge is 2.27. The molecule has 1 aromatic rings. The van der Waals surface area contributed by atoms with E-state index in [9.17, 15) is 0 Å². The number of nitrogens with zero attached hydrogens (tertiary/aromatic N) is 3. The van der Waals surface area contributed by atoms with E-state index in [0.717, 1.165) is 0 Å². The Morgan fingerprint density at radius 3 is 2.43 bits per heavy atom. The zero-order valence-corrected chi connectivity index (χ0v) is 13.8. The van der Waals surface area contributed by atoms with Gasteiger partial charge in [0.05, 0.1) is 0 Å². The Kier molecular flexibility index (Phi) is 4.48. The SMILES string of the molecule is Cc1nc(N2CCCC2)ccc1[C@H]1CCCCN1C(C)C. The van der Waals surface area contributed by atoms with Gasteiger partial charge >= 0.3 is 0 Å². The molecule has 3 nitrogen and oxygen atoms in total. The maximum Gasteiger partial charge on any atom is 0.128 e. The van der Waals surface area contributed by atoms with Gasteiger partial charge in [0.15, 0.2) is 0 Å². The monoisotopic (exact) mass is 287 g/mol. The van der Waals surface area contributed by atoms with Crippen LogP contribution in [0, 0.1) is 6.92 Å². The molecule has 0 spiro atoms. The van der Waals surface area contributed by atoms with E-state index in [2.05, 4.69) is 42.7 Å². The Balaban J connectivity index is 1.84. The summed E-state index contributed by atoms with van der Waals surface area (Å²) in [6, 6.07) is 5.79. The molecule has 21 heavy (non-hydrogen) atoms. The molecule has 0 amide bonds. The third kappa shape index (κ3) is 3.08. The van der Waals surface area contributed by atoms with E-state index in [-0.39, 0.29) is 0 Å². The van der Waals surface area contributed by atoms with E-state index in [1.54, 1.807) is 0 Å². The van der Waals surface area contributed by atoms with Crippen LogP contribution in [0.1, 0.15) is 63.3 Å². The van der Waals surface area contributed by atoms with Crippen LogP contribution in [0.5, 0.6) is 0 Å². The third-order valence-electron chi connectivity index (χ3n) is 5.11. The molecule has 0 bridgehead atoms. The Morgan fingerprint density at radius 2 is 1.76 bits per heavy atom. The minimum Gasteiger partial charge on any atom is -0.357 e. The fraction of sp³-hybridized carbons (Fsp3) is 0.722. The van der Waals surface area contributed by atoms with Crippen molar-refractivity contribution in [3.63, 3.8) is 0 Å². The standard InChI is InChI=1S/C18H29N3/c1-14(2)21-13-5-4-8-17(21)16-9-10-18(19-15(16)3)20-11-6-7-12-20/h9-10,14,17H,4-8,11-13H2,1-3H3/t17-/m1/s1. The lowest BCUT2D eigenvalue weighted by Crippen LogP contribution is -2.38. The Labute approximate surface area is 129 Å². The third-order valence-corrected chi connectivity index (χ3v) is 5.11. The van der Waals surface area contributed by atoms with Crippen molar-refractivity contribution in [3.05, 3.63) is 23.4 Å². The predicted octanol–water partition coefficient (Wildman–Crippen LogP) is 3.93. The summed E-state index contributed by atoms with van der Waals surface area (Å²) < 4.78 is 0. The summed E-state index contributed by atoms with van der Waals surface area (Å²) in [5.41, 5.74) is 2.68. The van der Waals surface area contributed by atoms with Crippen molar-refractivity contribution < 1.29 is 0 Å². The van der Waals surface area contributed by atoms with E-state index in [1.807, 2.05) is 0 Å². The molecule has 1 aromatic heterocycles. The Hall–Kier alpha value is -1.09. The summed E-state index contributed by atoms with van der Waals surface area (Å²) in [6.07, 6.45) is 6.59. The number of likely N-dealkylation sites (tertiary alicyclic amines) is 1. The van der Waals surface area contributed by atoms with Gasteiger partial charge in [-0.1, -0.05) is 12.5 Å². The van der Waals surface area contributed by atoms with Gasteiger partial charge in [0.25, 0.3) is 0 Å². The fourth-order valence-corrected chi connectivity index (χ4v) is 3.94. The van der Waals surface area contributed by atoms with E-state index in [4.69, 9.17) is 4.98 Å². The van der Waals surface area contributed by atoms with Crippen LogP contribution in [0.3, 0.4) is 0 Å². The molecule has 0 unspecified atom stereocenters. The van der Waals surface area contributed by atoms with Gasteiger partial charge in [0.1, 0.15) is 5.82 Å². The summed E-state index contributed by atoms with van der Waals surface area (Å²) in [5.74, 6) is 1.18. The van der Waals surface area contributed by atoms with Crippen molar-refractivity contribution in [1.29, 1.82) is 0 Å². The number of hydrogen-bond acceptors (Lipinski definition) is 3. The molecule has 0 N–H and O–H groups in total. The van der Waals surface area contributed by atoms with Gasteiger partial charge in [0, 0.05) is 30.9 Å². The lowest BCUT2D eigenvalue weighted by molar-refractivity contribution is 0.111. The van der Waals surface area contributed by atoms with Crippen molar-refractivity contribution >= 4 is 5.82 Å². The second kappa shape index (κ2) is 6.35. The molecule has 116 valence electrons. The lowest BCUT2D eigenvalue weighted by atomic mass is 9.93. The molecule has 0 saturated carbocycles. The maximum absolute atomic E-state index is 4.92. The molecule has 0 radical (unpaired) electrons. The van der Waals surface area contributed by atoms with E-state index < -0.39 is 0 Å². The highest BCUT2D eigenvalue weighted by Crippen LogP contribution is 2.34. The number of aryl methyl sites for hydroxylation is 1. The van der Waals surface area contributed by atoms with Gasteiger partial charge in [-0.15, -0.1) is 0 Å². The molecule has 3 rings (SSSR count). The first-order valence-electron chi connectivity index (χ1n) is 8.65. The summed E-state index contributed by atoms with van der Waals surface area (Å²) in [5, 5.41) is 0. The second-order valence-electron chi connectivity index (χ2n) is 6.88. The zero-order valence-electron chi connectivity index (χ0n) is 13.8. The van der Waals surface area contributed by atoms with Gasteiger partial charge in [0.2, 0.25) is 0 Å². The number of pyridine rings is 1. The zero-order chi connectivity index (χ0) is 14.8. The summed E-state index contributed by atoms with van der Waals surface area (Å²) in [7, 11) is 0. The molecule has 3 heterocycles. The van der Waals surface area contributed by atoms with Crippen molar-refractivity contribution in [3.8, 4) is 0 Å². The molecular weight excluding hydrogens is 258 g/mol. The van der Waals surface area contributed by atoms with Crippen LogP contribution >= 0.6 is 0 Å². The van der Waals surface area contributed by atoms with Crippen LogP contribution in [-0.2, 0) is 0 Å². The summed E-state index contributed by atoms with van der Waals surface area (Å²) >= 11 is 0. The normalized spacial score (nSPS) is 24.0. The largest absolute Gasteiger partial charge is 0.357 e. The van der Waals surface area contributed by atoms with Gasteiger partial charge in [-0.25, -0.2) is 4.98 Å². The minimum atomic E-state index is 0.568. The lowest BCUT2D eigenvalue weighted by Gasteiger charge is -2.39. The molecule has 3 heteroatoms. The molecule has 2 fully saturated rings. The molecule has 2 saturated heterocycles. The smallest absolute Gasteiger partial charge is 0.128 e. The highest BCUT2D eigenvalue weighted by molar-refractivity contribution is 5.43. The molecule has 0 aliphatic carbocycles. The van der Waals surface area contributed by atoms with E-state index in [1.165, 1.54) is 68.8 Å². The van der Waals surface area contributed by atoms with Crippen LogP contribution in [0.15, 0.2) is 12.1 Å². The molecule has 2 aliphatic rings. The van der Waals surface area contributed by atoms with Gasteiger partial charge in [-0.05, 0) is 64.6 Å². The van der Waals surface area contributed by atoms with E-state index in [0.29, 0.717) is 12.1 Å². The topological polar surface area (TPSA) is 19.4 Å². The number of hydrogen-bond donors (Lipinski definition) is 0. The van der Waals surface area contributed by atoms with Crippen molar-refractivity contribution in [1.82, 2.24) is 9.88 Å². The quantitative estimate of drug-likeness (QED) is 0.840. The predicted molar refractivity (Wildman–Crippen MR) is 88.9 cm³/mol. The van der Waals surface area contributed by atoms with Crippen LogP contribution in [0.25, 0.3) is 0 Å². The molecule has 1 atom stereocenters. The first-order valence-corrected chi connectivity index (χ1v) is 8.65. The summed E-state index contributed by atoms with van der Waals surface area (Å²) in [4.78, 5) is 10.0.